The zero-order chi connectivity index (χ0) is 19.1. The number of hydrogen-bond acceptors (Lipinski definition) is 4. The number of nitrogens with one attached hydrogen (secondary N) is 1. The van der Waals surface area contributed by atoms with Crippen LogP contribution < -0.4 is 15.0 Å². The van der Waals surface area contributed by atoms with Gasteiger partial charge in [0, 0.05) is 43.0 Å². The number of rotatable bonds is 6. The monoisotopic (exact) mass is 365 g/mol. The Morgan fingerprint density at radius 2 is 2.07 bits per heavy atom. The summed E-state index contributed by atoms with van der Waals surface area (Å²) in [6, 6.07) is 9.85. The molecule has 27 heavy (non-hydrogen) atoms. The molecule has 1 aromatic heterocycles. The van der Waals surface area contributed by atoms with Gasteiger partial charge in [-0.3, -0.25) is 4.79 Å². The number of methoxy groups -OCH3 is 1. The van der Waals surface area contributed by atoms with Crippen LogP contribution in [0.5, 0.6) is 5.75 Å². The van der Waals surface area contributed by atoms with Gasteiger partial charge in [-0.15, -0.1) is 0 Å². The smallest absolute Gasteiger partial charge is 0.244 e. The minimum absolute atomic E-state index is 0.132. The van der Waals surface area contributed by atoms with E-state index in [0.717, 1.165) is 41.3 Å². The molecule has 142 valence electrons. The van der Waals surface area contributed by atoms with Crippen LogP contribution in [0.4, 0.5) is 5.82 Å². The SMILES string of the molecule is COc1ccc(C)cc1/C=C/C(=O)NCc1cccnc1N1CCCCC1. The minimum Gasteiger partial charge on any atom is -0.496 e. The molecule has 1 N–H and O–H groups in total. The summed E-state index contributed by atoms with van der Waals surface area (Å²) < 4.78 is 5.35. The standard InChI is InChI=1S/C22H27N3O2/c1-17-8-10-20(27-2)18(15-17)9-11-21(26)24-16-19-7-6-12-23-22(19)25-13-4-3-5-14-25/h6-12,15H,3-5,13-14,16H2,1-2H3,(H,24,26)/b11-9+. The van der Waals surface area contributed by atoms with E-state index in [-0.39, 0.29) is 5.91 Å². The second-order valence-electron chi connectivity index (χ2n) is 6.83. The van der Waals surface area contributed by atoms with E-state index in [2.05, 4.69) is 15.2 Å². The van der Waals surface area contributed by atoms with Crippen LogP contribution in [0.1, 0.15) is 36.0 Å². The van der Waals surface area contributed by atoms with Crippen LogP contribution in [-0.2, 0) is 11.3 Å². The van der Waals surface area contributed by atoms with E-state index in [9.17, 15) is 4.79 Å². The summed E-state index contributed by atoms with van der Waals surface area (Å²) in [6.07, 6.45) is 8.83. The highest BCUT2D eigenvalue weighted by molar-refractivity contribution is 5.92. The molecule has 0 aliphatic carbocycles. The maximum Gasteiger partial charge on any atom is 0.244 e. The molecule has 0 unspecified atom stereocenters. The lowest BCUT2D eigenvalue weighted by molar-refractivity contribution is -0.116. The third-order valence-corrected chi connectivity index (χ3v) is 4.78. The van der Waals surface area contributed by atoms with Crippen LogP contribution >= 0.6 is 0 Å². The predicted octanol–water partition coefficient (Wildman–Crippen LogP) is 3.72. The Morgan fingerprint density at radius 3 is 2.85 bits per heavy atom. The maximum absolute atomic E-state index is 12.3. The average molecular weight is 365 g/mol. The molecule has 0 radical (unpaired) electrons. The van der Waals surface area contributed by atoms with E-state index < -0.39 is 0 Å². The highest BCUT2D eigenvalue weighted by Gasteiger charge is 2.15. The first-order valence-electron chi connectivity index (χ1n) is 9.47. The Hall–Kier alpha value is -2.82. The lowest BCUT2D eigenvalue weighted by atomic mass is 10.1. The number of benzene rings is 1. The summed E-state index contributed by atoms with van der Waals surface area (Å²) in [4.78, 5) is 19.2. The summed E-state index contributed by atoms with van der Waals surface area (Å²) >= 11 is 0. The molecule has 0 atom stereocenters. The molecule has 1 amide bonds. The second-order valence-corrected chi connectivity index (χ2v) is 6.83. The van der Waals surface area contributed by atoms with Gasteiger partial charge in [0.2, 0.25) is 5.91 Å². The first kappa shape index (κ1) is 19.0. The van der Waals surface area contributed by atoms with Gasteiger partial charge >= 0.3 is 0 Å². The van der Waals surface area contributed by atoms with Gasteiger partial charge in [-0.1, -0.05) is 17.7 Å². The minimum atomic E-state index is -0.132. The lowest BCUT2D eigenvalue weighted by Crippen LogP contribution is -2.32. The molecule has 5 nitrogen and oxygen atoms in total. The number of hydrogen-bond donors (Lipinski definition) is 1. The predicted molar refractivity (Wildman–Crippen MR) is 109 cm³/mol. The lowest BCUT2D eigenvalue weighted by Gasteiger charge is -2.29. The quantitative estimate of drug-likeness (QED) is 0.793. The highest BCUT2D eigenvalue weighted by atomic mass is 16.5. The molecule has 3 rings (SSSR count). The average Bonchev–Trinajstić information content (AvgIpc) is 2.71. The van der Waals surface area contributed by atoms with Gasteiger partial charge in [-0.25, -0.2) is 4.98 Å². The van der Waals surface area contributed by atoms with Crippen LogP contribution in [0, 0.1) is 6.92 Å². The fraction of sp³-hybridized carbons (Fsp3) is 0.364. The number of pyridine rings is 1. The molecule has 0 spiro atoms. The number of aromatic nitrogens is 1. The first-order valence-corrected chi connectivity index (χ1v) is 9.47. The number of amides is 1. The van der Waals surface area contributed by atoms with E-state index >= 15 is 0 Å². The largest absolute Gasteiger partial charge is 0.496 e. The second kappa shape index (κ2) is 9.21. The molecule has 1 aliphatic heterocycles. The summed E-state index contributed by atoms with van der Waals surface area (Å²) in [6.45, 7) is 4.55. The van der Waals surface area contributed by atoms with Crippen molar-refractivity contribution in [2.75, 3.05) is 25.1 Å². The Balaban J connectivity index is 1.64. The number of aryl methyl sites for hydroxylation is 1. The van der Waals surface area contributed by atoms with Crippen molar-refractivity contribution >= 4 is 17.8 Å². The van der Waals surface area contributed by atoms with Gasteiger partial charge in [-0.05, 0) is 50.5 Å². The van der Waals surface area contributed by atoms with Crippen molar-refractivity contribution in [1.82, 2.24) is 10.3 Å². The van der Waals surface area contributed by atoms with Crippen molar-refractivity contribution in [3.05, 3.63) is 59.3 Å². The Kier molecular flexibility index (Phi) is 6.47. The normalized spacial score (nSPS) is 14.4. The van der Waals surface area contributed by atoms with E-state index in [1.54, 1.807) is 19.3 Å². The summed E-state index contributed by atoms with van der Waals surface area (Å²) in [5.74, 6) is 1.61. The summed E-state index contributed by atoms with van der Waals surface area (Å²) in [5.41, 5.74) is 3.06. The molecule has 1 fully saturated rings. The third-order valence-electron chi connectivity index (χ3n) is 4.78. The molecular weight excluding hydrogens is 338 g/mol. The van der Waals surface area contributed by atoms with Crippen molar-refractivity contribution in [1.29, 1.82) is 0 Å². The Labute approximate surface area is 161 Å². The van der Waals surface area contributed by atoms with Crippen LogP contribution in [0.3, 0.4) is 0 Å². The molecule has 0 saturated carbocycles. The molecule has 2 aromatic rings. The van der Waals surface area contributed by atoms with Gasteiger partial charge in [0.25, 0.3) is 0 Å². The van der Waals surface area contributed by atoms with Crippen molar-refractivity contribution in [2.45, 2.75) is 32.7 Å². The van der Waals surface area contributed by atoms with Crippen LogP contribution in [0.2, 0.25) is 0 Å². The van der Waals surface area contributed by atoms with Crippen LogP contribution in [0.25, 0.3) is 6.08 Å². The fourth-order valence-electron chi connectivity index (χ4n) is 3.35. The Bertz CT molecular complexity index is 811. The van der Waals surface area contributed by atoms with E-state index in [0.29, 0.717) is 6.54 Å². The molecule has 1 saturated heterocycles. The topological polar surface area (TPSA) is 54.5 Å². The Morgan fingerprint density at radius 1 is 1.26 bits per heavy atom. The van der Waals surface area contributed by atoms with Crippen LogP contribution in [-0.4, -0.2) is 31.1 Å². The van der Waals surface area contributed by atoms with Crippen molar-refractivity contribution in [3.8, 4) is 5.75 Å². The molecule has 1 aromatic carbocycles. The highest BCUT2D eigenvalue weighted by Crippen LogP contribution is 2.22. The van der Waals surface area contributed by atoms with Crippen LogP contribution in [0.15, 0.2) is 42.6 Å². The van der Waals surface area contributed by atoms with Gasteiger partial charge in [0.05, 0.1) is 7.11 Å². The first-order chi connectivity index (χ1) is 13.2. The van der Waals surface area contributed by atoms with Gasteiger partial charge < -0.3 is 15.0 Å². The van der Waals surface area contributed by atoms with Crippen molar-refractivity contribution < 1.29 is 9.53 Å². The zero-order valence-corrected chi connectivity index (χ0v) is 16.1. The molecule has 1 aliphatic rings. The number of carbonyl (C=O) groups is 1. The van der Waals surface area contributed by atoms with Gasteiger partial charge in [0.15, 0.2) is 0 Å². The number of ether oxygens (including phenoxy) is 1. The summed E-state index contributed by atoms with van der Waals surface area (Å²) in [5, 5.41) is 2.97. The van der Waals surface area contributed by atoms with Crippen molar-refractivity contribution in [2.24, 2.45) is 0 Å². The number of nitrogens with zero attached hydrogens (tertiary/aromatic N) is 2. The number of anilines is 1. The zero-order valence-electron chi connectivity index (χ0n) is 16.1. The molecule has 2 heterocycles. The molecule has 5 heteroatoms. The third kappa shape index (κ3) is 5.09. The van der Waals surface area contributed by atoms with Gasteiger partial charge in [0.1, 0.15) is 11.6 Å². The van der Waals surface area contributed by atoms with E-state index in [1.807, 2.05) is 43.5 Å². The molecule has 0 bridgehead atoms. The fourth-order valence-corrected chi connectivity index (χ4v) is 3.35. The summed E-state index contributed by atoms with van der Waals surface area (Å²) in [7, 11) is 1.63. The van der Waals surface area contributed by atoms with Crippen molar-refractivity contribution in [3.63, 3.8) is 0 Å². The van der Waals surface area contributed by atoms with E-state index in [4.69, 9.17) is 4.74 Å². The maximum atomic E-state index is 12.3. The number of piperidine rings is 1. The molecular formula is C22H27N3O2. The number of carbonyl (C=O) groups excluding carboxylic acids is 1. The van der Waals surface area contributed by atoms with Gasteiger partial charge in [-0.2, -0.15) is 0 Å². The van der Waals surface area contributed by atoms with E-state index in [1.165, 1.54) is 19.3 Å².